The number of rotatable bonds is 5. The molecule has 0 aromatic heterocycles. The van der Waals surface area contributed by atoms with Crippen LogP contribution in [0.4, 0.5) is 0 Å². The Balaban J connectivity index is 1.91. The molecule has 2 N–H and O–H groups in total. The SMILES string of the molecule is CNC(=O)CCNC[C@H]1CCCO1. The molecule has 1 atom stereocenters. The largest absolute Gasteiger partial charge is 0.377 e. The van der Waals surface area contributed by atoms with Gasteiger partial charge in [0.1, 0.15) is 0 Å². The van der Waals surface area contributed by atoms with Gasteiger partial charge in [-0.3, -0.25) is 4.79 Å². The quantitative estimate of drug-likeness (QED) is 0.589. The number of ether oxygens (including phenoxy) is 1. The lowest BCUT2D eigenvalue weighted by molar-refractivity contribution is -0.120. The van der Waals surface area contributed by atoms with E-state index in [4.69, 9.17) is 4.74 Å². The van der Waals surface area contributed by atoms with Gasteiger partial charge in [-0.05, 0) is 12.8 Å². The zero-order valence-electron chi connectivity index (χ0n) is 8.14. The van der Waals surface area contributed by atoms with Crippen molar-refractivity contribution in [2.24, 2.45) is 0 Å². The third kappa shape index (κ3) is 4.24. The molecule has 0 spiro atoms. The molecule has 0 radical (unpaired) electrons. The van der Waals surface area contributed by atoms with Gasteiger partial charge in [-0.1, -0.05) is 0 Å². The zero-order valence-corrected chi connectivity index (χ0v) is 8.14. The smallest absolute Gasteiger partial charge is 0.221 e. The van der Waals surface area contributed by atoms with Crippen LogP contribution >= 0.6 is 0 Å². The Hall–Kier alpha value is -0.610. The molecule has 0 aromatic rings. The molecular weight excluding hydrogens is 168 g/mol. The van der Waals surface area contributed by atoms with Crippen molar-refractivity contribution in [2.75, 3.05) is 26.7 Å². The highest BCUT2D eigenvalue weighted by molar-refractivity contribution is 5.75. The lowest BCUT2D eigenvalue weighted by Gasteiger charge is -2.09. The molecule has 0 unspecified atom stereocenters. The Morgan fingerprint density at radius 2 is 2.46 bits per heavy atom. The van der Waals surface area contributed by atoms with E-state index in [2.05, 4.69) is 10.6 Å². The first-order valence-corrected chi connectivity index (χ1v) is 4.86. The number of nitrogens with one attached hydrogen (secondary N) is 2. The molecule has 1 rings (SSSR count). The van der Waals surface area contributed by atoms with Crippen LogP contribution in [-0.4, -0.2) is 38.8 Å². The van der Waals surface area contributed by atoms with Crippen LogP contribution in [0.25, 0.3) is 0 Å². The topological polar surface area (TPSA) is 50.4 Å². The van der Waals surface area contributed by atoms with Gasteiger partial charge in [0.25, 0.3) is 0 Å². The predicted molar refractivity (Wildman–Crippen MR) is 50.5 cm³/mol. The van der Waals surface area contributed by atoms with E-state index in [-0.39, 0.29) is 5.91 Å². The average Bonchev–Trinajstić information content (AvgIpc) is 2.64. The average molecular weight is 186 g/mol. The molecule has 1 aliphatic rings. The minimum atomic E-state index is 0.0832. The Morgan fingerprint density at radius 3 is 3.08 bits per heavy atom. The summed E-state index contributed by atoms with van der Waals surface area (Å²) < 4.78 is 5.42. The predicted octanol–water partition coefficient (Wildman–Crippen LogP) is -0.109. The van der Waals surface area contributed by atoms with Gasteiger partial charge in [0.05, 0.1) is 6.10 Å². The van der Waals surface area contributed by atoms with Crippen molar-refractivity contribution >= 4 is 5.91 Å². The summed E-state index contributed by atoms with van der Waals surface area (Å²) in [5, 5.41) is 5.79. The Kier molecular flexibility index (Phi) is 4.78. The van der Waals surface area contributed by atoms with Crippen molar-refractivity contribution in [1.29, 1.82) is 0 Å². The number of carbonyl (C=O) groups excluding carboxylic acids is 1. The monoisotopic (exact) mass is 186 g/mol. The van der Waals surface area contributed by atoms with Crippen LogP contribution < -0.4 is 10.6 Å². The molecule has 1 fully saturated rings. The minimum absolute atomic E-state index is 0.0832. The van der Waals surface area contributed by atoms with Gasteiger partial charge >= 0.3 is 0 Å². The van der Waals surface area contributed by atoms with Crippen molar-refractivity contribution < 1.29 is 9.53 Å². The summed E-state index contributed by atoms with van der Waals surface area (Å²) in [6.07, 6.45) is 3.22. The van der Waals surface area contributed by atoms with Crippen molar-refractivity contribution in [1.82, 2.24) is 10.6 Å². The summed E-state index contributed by atoms with van der Waals surface area (Å²) in [6.45, 7) is 2.50. The molecule has 1 aliphatic heterocycles. The summed E-state index contributed by atoms with van der Waals surface area (Å²) >= 11 is 0. The van der Waals surface area contributed by atoms with E-state index in [1.165, 1.54) is 6.42 Å². The summed E-state index contributed by atoms with van der Waals surface area (Å²) in [5.74, 6) is 0.0832. The fourth-order valence-electron chi connectivity index (χ4n) is 1.40. The Morgan fingerprint density at radius 1 is 1.62 bits per heavy atom. The summed E-state index contributed by atoms with van der Waals surface area (Å²) in [5.41, 5.74) is 0. The highest BCUT2D eigenvalue weighted by Crippen LogP contribution is 2.10. The third-order valence-electron chi connectivity index (χ3n) is 2.20. The number of hydrogen-bond acceptors (Lipinski definition) is 3. The number of amides is 1. The minimum Gasteiger partial charge on any atom is -0.377 e. The van der Waals surface area contributed by atoms with Crippen LogP contribution in [0.3, 0.4) is 0 Å². The Bertz CT molecular complexity index is 156. The van der Waals surface area contributed by atoms with Gasteiger partial charge in [-0.25, -0.2) is 0 Å². The molecule has 0 aliphatic carbocycles. The number of hydrogen-bond donors (Lipinski definition) is 2. The standard InChI is InChI=1S/C9H18N2O2/c1-10-9(12)4-5-11-7-8-3-2-6-13-8/h8,11H,2-7H2,1H3,(H,10,12)/t8-/m1/s1. The molecule has 13 heavy (non-hydrogen) atoms. The van der Waals surface area contributed by atoms with E-state index in [9.17, 15) is 4.79 Å². The lowest BCUT2D eigenvalue weighted by atomic mass is 10.2. The van der Waals surface area contributed by atoms with Crippen LogP contribution in [0.2, 0.25) is 0 Å². The van der Waals surface area contributed by atoms with Gasteiger partial charge in [0.15, 0.2) is 0 Å². The molecule has 4 nitrogen and oxygen atoms in total. The van der Waals surface area contributed by atoms with Crippen LogP contribution in [0.1, 0.15) is 19.3 Å². The van der Waals surface area contributed by atoms with Crippen molar-refractivity contribution in [3.8, 4) is 0 Å². The molecule has 1 amide bonds. The van der Waals surface area contributed by atoms with Crippen molar-refractivity contribution in [2.45, 2.75) is 25.4 Å². The molecule has 76 valence electrons. The summed E-state index contributed by atoms with van der Waals surface area (Å²) in [7, 11) is 1.66. The molecule has 0 saturated carbocycles. The normalized spacial score (nSPS) is 21.8. The van der Waals surface area contributed by atoms with Gasteiger partial charge in [-0.15, -0.1) is 0 Å². The van der Waals surface area contributed by atoms with Crippen molar-refractivity contribution in [3.05, 3.63) is 0 Å². The van der Waals surface area contributed by atoms with Gasteiger partial charge in [0.2, 0.25) is 5.91 Å². The van der Waals surface area contributed by atoms with Gasteiger partial charge < -0.3 is 15.4 Å². The first kappa shape index (κ1) is 10.5. The highest BCUT2D eigenvalue weighted by Gasteiger charge is 2.14. The highest BCUT2D eigenvalue weighted by atomic mass is 16.5. The molecule has 0 aromatic carbocycles. The van der Waals surface area contributed by atoms with Crippen LogP contribution in [0, 0.1) is 0 Å². The van der Waals surface area contributed by atoms with E-state index in [1.54, 1.807) is 7.05 Å². The third-order valence-corrected chi connectivity index (χ3v) is 2.20. The van der Waals surface area contributed by atoms with Crippen LogP contribution in [0.5, 0.6) is 0 Å². The van der Waals surface area contributed by atoms with E-state index in [1.807, 2.05) is 0 Å². The molecule has 0 bridgehead atoms. The summed E-state index contributed by atoms with van der Waals surface area (Å²) in [6, 6.07) is 0. The molecule has 1 saturated heterocycles. The first-order valence-electron chi connectivity index (χ1n) is 4.86. The second-order valence-electron chi connectivity index (χ2n) is 3.26. The van der Waals surface area contributed by atoms with Crippen LogP contribution in [0.15, 0.2) is 0 Å². The van der Waals surface area contributed by atoms with E-state index >= 15 is 0 Å². The van der Waals surface area contributed by atoms with Gasteiger partial charge in [0, 0.05) is 33.2 Å². The second-order valence-corrected chi connectivity index (χ2v) is 3.26. The van der Waals surface area contributed by atoms with E-state index in [0.717, 1.165) is 26.1 Å². The number of carbonyl (C=O) groups is 1. The van der Waals surface area contributed by atoms with E-state index in [0.29, 0.717) is 12.5 Å². The zero-order chi connectivity index (χ0) is 9.52. The summed E-state index contributed by atoms with van der Waals surface area (Å²) in [4.78, 5) is 10.8. The molecule has 1 heterocycles. The Labute approximate surface area is 79.0 Å². The van der Waals surface area contributed by atoms with Gasteiger partial charge in [-0.2, -0.15) is 0 Å². The molecule has 4 heteroatoms. The van der Waals surface area contributed by atoms with E-state index < -0.39 is 0 Å². The lowest BCUT2D eigenvalue weighted by Crippen LogP contribution is -2.30. The van der Waals surface area contributed by atoms with Crippen LogP contribution in [-0.2, 0) is 9.53 Å². The maximum absolute atomic E-state index is 10.8. The maximum atomic E-state index is 10.8. The first-order chi connectivity index (χ1) is 6.33. The maximum Gasteiger partial charge on any atom is 0.221 e. The second kappa shape index (κ2) is 5.94. The fraction of sp³-hybridized carbons (Fsp3) is 0.889. The fourth-order valence-corrected chi connectivity index (χ4v) is 1.40. The van der Waals surface area contributed by atoms with Crippen molar-refractivity contribution in [3.63, 3.8) is 0 Å². The molecular formula is C9H18N2O2.